The number of hydrogen-bond donors (Lipinski definition) is 2. The first-order valence-corrected chi connectivity index (χ1v) is 2.55. The molecule has 0 spiro atoms. The molecule has 0 amide bonds. The molecule has 1 unspecified atom stereocenters. The van der Waals surface area contributed by atoms with Gasteiger partial charge in [0.05, 0.1) is 6.04 Å². The predicted molar refractivity (Wildman–Crippen MR) is 31.3 cm³/mol. The van der Waals surface area contributed by atoms with Gasteiger partial charge in [-0.1, -0.05) is 0 Å². The third-order valence-electron chi connectivity index (χ3n) is 0.847. The van der Waals surface area contributed by atoms with Gasteiger partial charge in [0.1, 0.15) is 0 Å². The van der Waals surface area contributed by atoms with Gasteiger partial charge in [-0.25, -0.2) is 0 Å². The highest BCUT2D eigenvalue weighted by Crippen LogP contribution is 2.05. The normalized spacial score (nSPS) is 13.6. The van der Waals surface area contributed by atoms with Crippen molar-refractivity contribution in [2.75, 3.05) is 5.73 Å². The van der Waals surface area contributed by atoms with E-state index in [1.165, 1.54) is 0 Å². The number of rotatable bonds is 1. The topological polar surface area (TPSA) is 91.0 Å². The second-order valence-electron chi connectivity index (χ2n) is 1.78. The summed E-state index contributed by atoms with van der Waals surface area (Å²) >= 11 is 0. The molecule has 0 aliphatic carbocycles. The number of hydrogen-bond acceptors (Lipinski definition) is 5. The van der Waals surface area contributed by atoms with Crippen LogP contribution in [0.4, 0.5) is 5.95 Å². The third-order valence-corrected chi connectivity index (χ3v) is 0.847. The van der Waals surface area contributed by atoms with E-state index >= 15 is 0 Å². The summed E-state index contributed by atoms with van der Waals surface area (Å²) in [7, 11) is 0. The van der Waals surface area contributed by atoms with Crippen LogP contribution >= 0.6 is 0 Å². The smallest absolute Gasteiger partial charge is 0.260 e. The standard InChI is InChI=1S/C4H8N4O/c1-2(5)3-7-4(6)8-9-3/h2H,5H2,1H3,(H2,6,8). The second-order valence-corrected chi connectivity index (χ2v) is 1.78. The van der Waals surface area contributed by atoms with E-state index in [1.54, 1.807) is 6.92 Å². The molecular formula is C4H8N4O. The molecule has 5 nitrogen and oxygen atoms in total. The molecule has 1 atom stereocenters. The fraction of sp³-hybridized carbons (Fsp3) is 0.500. The predicted octanol–water partition coefficient (Wildman–Crippen LogP) is -0.328. The lowest BCUT2D eigenvalue weighted by molar-refractivity contribution is 0.362. The fourth-order valence-corrected chi connectivity index (χ4v) is 0.432. The SMILES string of the molecule is CC(N)c1nc(N)no1. The summed E-state index contributed by atoms with van der Waals surface area (Å²) in [6, 6.07) is -0.241. The largest absolute Gasteiger partial charge is 0.365 e. The first-order chi connectivity index (χ1) is 4.20. The van der Waals surface area contributed by atoms with E-state index in [0.717, 1.165) is 0 Å². The Morgan fingerprint density at radius 1 is 1.67 bits per heavy atom. The molecule has 0 saturated carbocycles. The second kappa shape index (κ2) is 2.02. The third kappa shape index (κ3) is 1.17. The molecule has 4 N–H and O–H groups in total. The van der Waals surface area contributed by atoms with Crippen molar-refractivity contribution in [2.45, 2.75) is 13.0 Å². The Bertz CT molecular complexity index is 194. The molecule has 1 heterocycles. The Morgan fingerprint density at radius 3 is 2.56 bits per heavy atom. The van der Waals surface area contributed by atoms with Gasteiger partial charge in [0, 0.05) is 0 Å². The number of nitrogen functional groups attached to an aromatic ring is 1. The molecule has 0 fully saturated rings. The molecule has 1 aromatic rings. The summed E-state index contributed by atoms with van der Waals surface area (Å²) in [5, 5.41) is 3.35. The zero-order valence-corrected chi connectivity index (χ0v) is 5.03. The Kier molecular flexibility index (Phi) is 1.35. The first kappa shape index (κ1) is 6.03. The van der Waals surface area contributed by atoms with Crippen LogP contribution in [0, 0.1) is 0 Å². The van der Waals surface area contributed by atoms with Gasteiger partial charge in [0.25, 0.3) is 5.95 Å². The molecule has 5 heteroatoms. The van der Waals surface area contributed by atoms with E-state index < -0.39 is 0 Å². The number of aromatic nitrogens is 2. The minimum absolute atomic E-state index is 0.127. The molecule has 0 aliphatic rings. The lowest BCUT2D eigenvalue weighted by Gasteiger charge is -1.91. The van der Waals surface area contributed by atoms with Gasteiger partial charge >= 0.3 is 0 Å². The highest BCUT2D eigenvalue weighted by atomic mass is 16.5. The van der Waals surface area contributed by atoms with Gasteiger partial charge in [-0.2, -0.15) is 4.98 Å². The Balaban J connectivity index is 2.85. The molecule has 50 valence electrons. The quantitative estimate of drug-likeness (QED) is 0.540. The number of nitrogens with zero attached hydrogens (tertiary/aromatic N) is 2. The fourth-order valence-electron chi connectivity index (χ4n) is 0.432. The average molecular weight is 128 g/mol. The van der Waals surface area contributed by atoms with Gasteiger partial charge in [-0.15, -0.1) is 0 Å². The summed E-state index contributed by atoms with van der Waals surface area (Å²) in [4.78, 5) is 3.69. The zero-order chi connectivity index (χ0) is 6.85. The van der Waals surface area contributed by atoms with Crippen LogP contribution in [0.25, 0.3) is 0 Å². The van der Waals surface area contributed by atoms with Crippen molar-refractivity contribution in [1.29, 1.82) is 0 Å². The van der Waals surface area contributed by atoms with E-state index in [0.29, 0.717) is 5.89 Å². The van der Waals surface area contributed by atoms with Crippen LogP contribution in [-0.4, -0.2) is 10.1 Å². The van der Waals surface area contributed by atoms with Gasteiger partial charge in [-0.05, 0) is 12.1 Å². The highest BCUT2D eigenvalue weighted by molar-refractivity contribution is 5.11. The molecule has 0 saturated heterocycles. The highest BCUT2D eigenvalue weighted by Gasteiger charge is 2.06. The van der Waals surface area contributed by atoms with Gasteiger partial charge in [-0.3, -0.25) is 0 Å². The van der Waals surface area contributed by atoms with Crippen molar-refractivity contribution in [1.82, 2.24) is 10.1 Å². The van der Waals surface area contributed by atoms with Crippen LogP contribution in [0.1, 0.15) is 18.9 Å². The number of anilines is 1. The van der Waals surface area contributed by atoms with Crippen molar-refractivity contribution in [2.24, 2.45) is 5.73 Å². The number of nitrogens with two attached hydrogens (primary N) is 2. The average Bonchev–Trinajstić information content (AvgIpc) is 2.14. The first-order valence-electron chi connectivity index (χ1n) is 2.55. The van der Waals surface area contributed by atoms with Crippen molar-refractivity contribution in [3.8, 4) is 0 Å². The van der Waals surface area contributed by atoms with Crippen LogP contribution in [-0.2, 0) is 0 Å². The summed E-state index contributed by atoms with van der Waals surface area (Å²) in [5.74, 6) is 0.495. The lowest BCUT2D eigenvalue weighted by Crippen LogP contribution is -2.05. The van der Waals surface area contributed by atoms with E-state index in [-0.39, 0.29) is 12.0 Å². The molecule has 0 aliphatic heterocycles. The van der Waals surface area contributed by atoms with Crippen LogP contribution in [0.2, 0.25) is 0 Å². The molecule has 0 aromatic carbocycles. The minimum atomic E-state index is -0.241. The van der Waals surface area contributed by atoms with Crippen LogP contribution < -0.4 is 11.5 Å². The van der Waals surface area contributed by atoms with Gasteiger partial charge in [0.15, 0.2) is 0 Å². The summed E-state index contributed by atoms with van der Waals surface area (Å²) < 4.78 is 4.61. The Morgan fingerprint density at radius 2 is 2.33 bits per heavy atom. The molecule has 0 radical (unpaired) electrons. The maximum Gasteiger partial charge on any atom is 0.260 e. The summed E-state index contributed by atoms with van der Waals surface area (Å²) in [6.07, 6.45) is 0. The van der Waals surface area contributed by atoms with Gasteiger partial charge in [0.2, 0.25) is 5.89 Å². The maximum atomic E-state index is 5.38. The molecule has 1 rings (SSSR count). The maximum absolute atomic E-state index is 5.38. The van der Waals surface area contributed by atoms with E-state index in [4.69, 9.17) is 11.5 Å². The molecular weight excluding hydrogens is 120 g/mol. The molecule has 0 bridgehead atoms. The lowest BCUT2D eigenvalue weighted by atomic mass is 10.4. The van der Waals surface area contributed by atoms with E-state index in [1.807, 2.05) is 0 Å². The summed E-state index contributed by atoms with van der Waals surface area (Å²) in [5.41, 5.74) is 10.5. The van der Waals surface area contributed by atoms with Crippen LogP contribution in [0.3, 0.4) is 0 Å². The van der Waals surface area contributed by atoms with E-state index in [9.17, 15) is 0 Å². The van der Waals surface area contributed by atoms with Gasteiger partial charge < -0.3 is 16.0 Å². The van der Waals surface area contributed by atoms with Crippen LogP contribution in [0.15, 0.2) is 4.52 Å². The van der Waals surface area contributed by atoms with Crippen molar-refractivity contribution in [3.63, 3.8) is 0 Å². The Hall–Kier alpha value is -1.10. The minimum Gasteiger partial charge on any atom is -0.365 e. The van der Waals surface area contributed by atoms with Crippen molar-refractivity contribution < 1.29 is 4.52 Å². The zero-order valence-electron chi connectivity index (χ0n) is 5.03. The van der Waals surface area contributed by atoms with E-state index in [2.05, 4.69) is 14.7 Å². The summed E-state index contributed by atoms with van der Waals surface area (Å²) in [6.45, 7) is 1.74. The Labute approximate surface area is 52.0 Å². The molecule has 9 heavy (non-hydrogen) atoms. The monoisotopic (exact) mass is 128 g/mol. The molecule has 1 aromatic heterocycles. The van der Waals surface area contributed by atoms with Crippen molar-refractivity contribution in [3.05, 3.63) is 5.89 Å². The van der Waals surface area contributed by atoms with Crippen molar-refractivity contribution >= 4 is 5.95 Å². The van der Waals surface area contributed by atoms with Crippen LogP contribution in [0.5, 0.6) is 0 Å².